The fourth-order valence-corrected chi connectivity index (χ4v) is 2.56. The van der Waals surface area contributed by atoms with Crippen molar-refractivity contribution in [2.75, 3.05) is 46.4 Å². The van der Waals surface area contributed by atoms with Gasteiger partial charge in [-0.3, -0.25) is 9.88 Å². The molecule has 112 valence electrons. The molecule has 1 fully saturated rings. The Morgan fingerprint density at radius 1 is 1.29 bits per heavy atom. The highest BCUT2D eigenvalue weighted by Crippen LogP contribution is 2.27. The van der Waals surface area contributed by atoms with Crippen molar-refractivity contribution in [1.29, 1.82) is 0 Å². The van der Waals surface area contributed by atoms with Crippen LogP contribution in [-0.4, -0.2) is 56.3 Å². The summed E-state index contributed by atoms with van der Waals surface area (Å²) in [5.74, 6) is 1.62. The highest BCUT2D eigenvalue weighted by molar-refractivity contribution is 5.86. The van der Waals surface area contributed by atoms with Crippen LogP contribution in [0.15, 0.2) is 30.5 Å². The summed E-state index contributed by atoms with van der Waals surface area (Å²) in [4.78, 5) is 6.80. The SMILES string of the molecule is COc1cnc2cccc(OCCN3CCNCC3)c2c1. The summed E-state index contributed by atoms with van der Waals surface area (Å²) >= 11 is 0. The smallest absolute Gasteiger partial charge is 0.137 e. The molecular weight excluding hydrogens is 266 g/mol. The minimum Gasteiger partial charge on any atom is -0.495 e. The molecule has 1 aromatic carbocycles. The molecule has 21 heavy (non-hydrogen) atoms. The maximum absolute atomic E-state index is 5.96. The summed E-state index contributed by atoms with van der Waals surface area (Å²) in [7, 11) is 1.65. The van der Waals surface area contributed by atoms with Gasteiger partial charge in [0.2, 0.25) is 0 Å². The van der Waals surface area contributed by atoms with E-state index in [-0.39, 0.29) is 0 Å². The maximum atomic E-state index is 5.96. The van der Waals surface area contributed by atoms with E-state index in [1.54, 1.807) is 13.3 Å². The highest BCUT2D eigenvalue weighted by Gasteiger charge is 2.10. The third-order valence-corrected chi connectivity index (χ3v) is 3.77. The summed E-state index contributed by atoms with van der Waals surface area (Å²) in [6.07, 6.45) is 1.73. The van der Waals surface area contributed by atoms with Gasteiger partial charge in [0.05, 0.1) is 18.8 Å². The van der Waals surface area contributed by atoms with Crippen molar-refractivity contribution in [2.45, 2.75) is 0 Å². The van der Waals surface area contributed by atoms with Crippen LogP contribution in [0.2, 0.25) is 0 Å². The normalized spacial score (nSPS) is 16.0. The molecule has 0 amide bonds. The number of nitrogens with zero attached hydrogens (tertiary/aromatic N) is 2. The molecule has 0 bridgehead atoms. The predicted molar refractivity (Wildman–Crippen MR) is 83.1 cm³/mol. The number of benzene rings is 1. The lowest BCUT2D eigenvalue weighted by Gasteiger charge is -2.27. The molecular formula is C16H21N3O2. The van der Waals surface area contributed by atoms with Gasteiger partial charge in [-0.25, -0.2) is 0 Å². The predicted octanol–water partition coefficient (Wildman–Crippen LogP) is 1.53. The van der Waals surface area contributed by atoms with Crippen LogP contribution in [0.4, 0.5) is 0 Å². The van der Waals surface area contributed by atoms with Crippen LogP contribution in [0.5, 0.6) is 11.5 Å². The first-order chi connectivity index (χ1) is 10.4. The Balaban J connectivity index is 1.68. The van der Waals surface area contributed by atoms with E-state index in [0.717, 1.165) is 55.1 Å². The molecule has 5 heteroatoms. The number of piperazine rings is 1. The molecule has 3 rings (SSSR count). The van der Waals surface area contributed by atoms with Crippen LogP contribution >= 0.6 is 0 Å². The molecule has 1 N–H and O–H groups in total. The van der Waals surface area contributed by atoms with E-state index in [1.807, 2.05) is 24.3 Å². The van der Waals surface area contributed by atoms with Crippen LogP contribution in [0.1, 0.15) is 0 Å². The van der Waals surface area contributed by atoms with Gasteiger partial charge in [0, 0.05) is 38.1 Å². The Hall–Kier alpha value is -1.85. The molecule has 1 aromatic heterocycles. The van der Waals surface area contributed by atoms with Gasteiger partial charge in [-0.2, -0.15) is 0 Å². The van der Waals surface area contributed by atoms with Crippen molar-refractivity contribution < 1.29 is 9.47 Å². The van der Waals surface area contributed by atoms with E-state index in [0.29, 0.717) is 6.61 Å². The van der Waals surface area contributed by atoms with E-state index in [2.05, 4.69) is 15.2 Å². The van der Waals surface area contributed by atoms with Gasteiger partial charge >= 0.3 is 0 Å². The van der Waals surface area contributed by atoms with Gasteiger partial charge in [0.15, 0.2) is 0 Å². The second-order valence-corrected chi connectivity index (χ2v) is 5.14. The topological polar surface area (TPSA) is 46.6 Å². The second kappa shape index (κ2) is 6.74. The monoisotopic (exact) mass is 287 g/mol. The molecule has 2 aromatic rings. The van der Waals surface area contributed by atoms with Crippen molar-refractivity contribution >= 4 is 10.9 Å². The van der Waals surface area contributed by atoms with Crippen LogP contribution in [0, 0.1) is 0 Å². The molecule has 2 heterocycles. The molecule has 0 saturated carbocycles. The van der Waals surface area contributed by atoms with Crippen molar-refractivity contribution in [2.24, 2.45) is 0 Å². The quantitative estimate of drug-likeness (QED) is 0.903. The first kappa shape index (κ1) is 14.1. The average Bonchev–Trinajstić information content (AvgIpc) is 2.55. The molecule has 0 atom stereocenters. The van der Waals surface area contributed by atoms with E-state index in [4.69, 9.17) is 9.47 Å². The van der Waals surface area contributed by atoms with Crippen LogP contribution in [0.25, 0.3) is 10.9 Å². The van der Waals surface area contributed by atoms with Crippen molar-refractivity contribution in [3.8, 4) is 11.5 Å². The standard InChI is InChI=1S/C16H21N3O2/c1-20-13-11-14-15(18-12-13)3-2-4-16(14)21-10-9-19-7-5-17-6-8-19/h2-4,11-12,17H,5-10H2,1H3. The number of pyridine rings is 1. The molecule has 1 aliphatic rings. The average molecular weight is 287 g/mol. The third kappa shape index (κ3) is 3.43. The Kier molecular flexibility index (Phi) is 4.52. The van der Waals surface area contributed by atoms with Crippen LogP contribution < -0.4 is 14.8 Å². The minimum atomic E-state index is 0.691. The number of hydrogen-bond acceptors (Lipinski definition) is 5. The highest BCUT2D eigenvalue weighted by atomic mass is 16.5. The number of nitrogens with one attached hydrogen (secondary N) is 1. The molecule has 0 aliphatic carbocycles. The number of ether oxygens (including phenoxy) is 2. The molecule has 0 radical (unpaired) electrons. The number of rotatable bonds is 5. The Morgan fingerprint density at radius 3 is 2.95 bits per heavy atom. The maximum Gasteiger partial charge on any atom is 0.137 e. The number of aromatic nitrogens is 1. The van der Waals surface area contributed by atoms with E-state index < -0.39 is 0 Å². The van der Waals surface area contributed by atoms with Gasteiger partial charge in [-0.15, -0.1) is 0 Å². The molecule has 5 nitrogen and oxygen atoms in total. The first-order valence-corrected chi connectivity index (χ1v) is 7.35. The summed E-state index contributed by atoms with van der Waals surface area (Å²) in [5, 5.41) is 4.35. The number of fused-ring (bicyclic) bond motifs is 1. The zero-order chi connectivity index (χ0) is 14.5. The first-order valence-electron chi connectivity index (χ1n) is 7.35. The molecule has 1 aliphatic heterocycles. The van der Waals surface area contributed by atoms with Gasteiger partial charge in [0.25, 0.3) is 0 Å². The van der Waals surface area contributed by atoms with Gasteiger partial charge in [0.1, 0.15) is 18.1 Å². The van der Waals surface area contributed by atoms with Gasteiger partial charge in [-0.05, 0) is 18.2 Å². The lowest BCUT2D eigenvalue weighted by Crippen LogP contribution is -2.44. The van der Waals surface area contributed by atoms with E-state index in [9.17, 15) is 0 Å². The fourth-order valence-electron chi connectivity index (χ4n) is 2.56. The van der Waals surface area contributed by atoms with Crippen molar-refractivity contribution in [1.82, 2.24) is 15.2 Å². The summed E-state index contributed by atoms with van der Waals surface area (Å²) < 4.78 is 11.2. The lowest BCUT2D eigenvalue weighted by atomic mass is 10.2. The fraction of sp³-hybridized carbons (Fsp3) is 0.438. The van der Waals surface area contributed by atoms with Crippen molar-refractivity contribution in [3.05, 3.63) is 30.5 Å². The summed E-state index contributed by atoms with van der Waals surface area (Å²) in [6.45, 7) is 5.96. The van der Waals surface area contributed by atoms with E-state index in [1.165, 1.54) is 0 Å². The third-order valence-electron chi connectivity index (χ3n) is 3.77. The minimum absolute atomic E-state index is 0.691. The van der Waals surface area contributed by atoms with Crippen LogP contribution in [0.3, 0.4) is 0 Å². The Morgan fingerprint density at radius 2 is 2.14 bits per heavy atom. The summed E-state index contributed by atoms with van der Waals surface area (Å²) in [5.41, 5.74) is 0.926. The van der Waals surface area contributed by atoms with Crippen LogP contribution in [-0.2, 0) is 0 Å². The molecule has 0 unspecified atom stereocenters. The Bertz CT molecular complexity index is 597. The number of hydrogen-bond donors (Lipinski definition) is 1. The largest absolute Gasteiger partial charge is 0.495 e. The Labute approximate surface area is 124 Å². The summed E-state index contributed by atoms with van der Waals surface area (Å²) in [6, 6.07) is 7.92. The van der Waals surface area contributed by atoms with Gasteiger partial charge < -0.3 is 14.8 Å². The zero-order valence-electron chi connectivity index (χ0n) is 12.3. The van der Waals surface area contributed by atoms with Gasteiger partial charge in [-0.1, -0.05) is 6.07 Å². The van der Waals surface area contributed by atoms with Crippen molar-refractivity contribution in [3.63, 3.8) is 0 Å². The molecule has 0 spiro atoms. The zero-order valence-corrected chi connectivity index (χ0v) is 12.3. The molecule has 1 saturated heterocycles. The number of methoxy groups -OCH3 is 1. The van der Waals surface area contributed by atoms with E-state index >= 15 is 0 Å². The second-order valence-electron chi connectivity index (χ2n) is 5.14. The lowest BCUT2D eigenvalue weighted by molar-refractivity contribution is 0.192.